The number of nitrogens with zero attached hydrogens (tertiary/aromatic N) is 2. The van der Waals surface area contributed by atoms with Gasteiger partial charge in [0.2, 0.25) is 0 Å². The number of benzene rings is 1. The van der Waals surface area contributed by atoms with E-state index in [0.29, 0.717) is 6.04 Å². The van der Waals surface area contributed by atoms with Crippen LogP contribution in [-0.2, 0) is 6.54 Å². The molecule has 1 N–H and O–H groups in total. The highest BCUT2D eigenvalue weighted by Gasteiger charge is 2.19. The Balaban J connectivity index is 1.96. The minimum Gasteiger partial charge on any atom is -0.312 e. The van der Waals surface area contributed by atoms with Crippen LogP contribution in [0, 0.1) is 13.8 Å². The summed E-state index contributed by atoms with van der Waals surface area (Å²) in [6.45, 7) is 6.38. The maximum Gasteiger partial charge on any atom is 0.0675 e. The molecule has 1 aliphatic rings. The van der Waals surface area contributed by atoms with Gasteiger partial charge in [0.05, 0.1) is 12.2 Å². The zero-order valence-corrected chi connectivity index (χ0v) is 13.6. The highest BCUT2D eigenvalue weighted by atomic mass is 79.9. The summed E-state index contributed by atoms with van der Waals surface area (Å²) in [6, 6.07) is 8.93. The van der Waals surface area contributed by atoms with Crippen LogP contribution in [0.2, 0.25) is 0 Å². The van der Waals surface area contributed by atoms with E-state index in [1.807, 2.05) is 6.07 Å². The number of aryl methyl sites for hydroxylation is 1. The third kappa shape index (κ3) is 2.54. The van der Waals surface area contributed by atoms with Crippen LogP contribution in [0.4, 0.5) is 0 Å². The monoisotopic (exact) mass is 333 g/mol. The van der Waals surface area contributed by atoms with Gasteiger partial charge in [-0.15, -0.1) is 0 Å². The van der Waals surface area contributed by atoms with Crippen LogP contribution in [0.3, 0.4) is 0 Å². The Morgan fingerprint density at radius 1 is 1.35 bits per heavy atom. The Morgan fingerprint density at radius 3 is 2.85 bits per heavy atom. The third-order valence-corrected chi connectivity index (χ3v) is 4.77. The summed E-state index contributed by atoms with van der Waals surface area (Å²) >= 11 is 3.65. The molecule has 106 valence electrons. The molecule has 2 aromatic rings. The van der Waals surface area contributed by atoms with Crippen LogP contribution in [0.15, 0.2) is 28.7 Å². The van der Waals surface area contributed by atoms with Gasteiger partial charge in [-0.05, 0) is 44.9 Å². The van der Waals surface area contributed by atoms with E-state index >= 15 is 0 Å². The van der Waals surface area contributed by atoms with Gasteiger partial charge in [0.15, 0.2) is 0 Å². The van der Waals surface area contributed by atoms with Crippen LogP contribution in [0.5, 0.6) is 0 Å². The minimum absolute atomic E-state index is 0.570. The molecule has 1 aromatic heterocycles. The molecule has 1 fully saturated rings. The highest BCUT2D eigenvalue weighted by molar-refractivity contribution is 9.10. The first kappa shape index (κ1) is 13.8. The van der Waals surface area contributed by atoms with Crippen molar-refractivity contribution in [3.63, 3.8) is 0 Å². The molecule has 0 aliphatic carbocycles. The van der Waals surface area contributed by atoms with Gasteiger partial charge in [0.25, 0.3) is 0 Å². The topological polar surface area (TPSA) is 29.9 Å². The molecule has 0 spiro atoms. The van der Waals surface area contributed by atoms with E-state index in [1.54, 1.807) is 0 Å². The molecule has 2 heterocycles. The Bertz CT molecular complexity index is 612. The lowest BCUT2D eigenvalue weighted by Crippen LogP contribution is -2.27. The lowest BCUT2D eigenvalue weighted by molar-refractivity contribution is 0.467. The number of hydrogen-bond acceptors (Lipinski definition) is 2. The predicted octanol–water partition coefficient (Wildman–Crippen LogP) is 3.68. The van der Waals surface area contributed by atoms with Crippen LogP contribution in [0.25, 0.3) is 11.1 Å². The molecular formula is C16H20BrN3. The molecule has 3 rings (SSSR count). The Morgan fingerprint density at radius 2 is 2.15 bits per heavy atom. The zero-order chi connectivity index (χ0) is 14.1. The van der Waals surface area contributed by atoms with E-state index in [2.05, 4.69) is 58.0 Å². The summed E-state index contributed by atoms with van der Waals surface area (Å²) in [4.78, 5) is 0. The van der Waals surface area contributed by atoms with Crippen molar-refractivity contribution in [3.05, 3.63) is 40.1 Å². The largest absolute Gasteiger partial charge is 0.312 e. The van der Waals surface area contributed by atoms with Crippen molar-refractivity contribution >= 4 is 15.9 Å². The van der Waals surface area contributed by atoms with E-state index in [4.69, 9.17) is 5.10 Å². The molecule has 1 aromatic carbocycles. The minimum atomic E-state index is 0.570. The summed E-state index contributed by atoms with van der Waals surface area (Å²) in [6.07, 6.45) is 2.53. The number of halogens is 1. The van der Waals surface area contributed by atoms with Crippen LogP contribution < -0.4 is 5.32 Å². The number of aromatic nitrogens is 2. The molecule has 0 radical (unpaired) electrons. The van der Waals surface area contributed by atoms with Gasteiger partial charge in [-0.1, -0.05) is 34.1 Å². The number of hydrogen-bond donors (Lipinski definition) is 1. The summed E-state index contributed by atoms with van der Waals surface area (Å²) in [5.41, 5.74) is 4.85. The molecule has 1 atom stereocenters. The summed E-state index contributed by atoms with van der Waals surface area (Å²) in [5.74, 6) is 0. The number of rotatable bonds is 3. The predicted molar refractivity (Wildman–Crippen MR) is 85.9 cm³/mol. The van der Waals surface area contributed by atoms with Gasteiger partial charge in [0.1, 0.15) is 0 Å². The Kier molecular flexibility index (Phi) is 3.94. The zero-order valence-electron chi connectivity index (χ0n) is 12.0. The first-order valence-corrected chi connectivity index (χ1v) is 7.98. The molecule has 1 saturated heterocycles. The van der Waals surface area contributed by atoms with E-state index in [1.165, 1.54) is 29.7 Å². The Hall–Kier alpha value is -1.13. The fourth-order valence-corrected chi connectivity index (χ4v) is 3.53. The second kappa shape index (κ2) is 5.70. The van der Waals surface area contributed by atoms with Crippen molar-refractivity contribution in [2.75, 3.05) is 6.54 Å². The van der Waals surface area contributed by atoms with Crippen LogP contribution in [0.1, 0.15) is 24.2 Å². The van der Waals surface area contributed by atoms with Crippen molar-refractivity contribution in [1.29, 1.82) is 0 Å². The van der Waals surface area contributed by atoms with E-state index in [-0.39, 0.29) is 0 Å². The summed E-state index contributed by atoms with van der Waals surface area (Å²) in [5, 5.41) is 8.29. The fourth-order valence-electron chi connectivity index (χ4n) is 3.05. The van der Waals surface area contributed by atoms with Crippen molar-refractivity contribution in [2.24, 2.45) is 0 Å². The van der Waals surface area contributed by atoms with Gasteiger partial charge in [0, 0.05) is 21.8 Å². The molecule has 1 aliphatic heterocycles. The maximum absolute atomic E-state index is 4.75. The molecule has 4 heteroatoms. The third-order valence-electron chi connectivity index (χ3n) is 4.08. The summed E-state index contributed by atoms with van der Waals surface area (Å²) < 4.78 is 3.29. The van der Waals surface area contributed by atoms with Crippen LogP contribution >= 0.6 is 15.9 Å². The molecule has 20 heavy (non-hydrogen) atoms. The van der Waals surface area contributed by atoms with E-state index in [9.17, 15) is 0 Å². The molecular weight excluding hydrogens is 314 g/mol. The molecule has 0 amide bonds. The smallest absolute Gasteiger partial charge is 0.0675 e. The molecule has 1 unspecified atom stereocenters. The van der Waals surface area contributed by atoms with Gasteiger partial charge >= 0.3 is 0 Å². The SMILES string of the molecule is Cc1nn(CC2CCCN2)c(C)c1-c1ccccc1Br. The van der Waals surface area contributed by atoms with Crippen molar-refractivity contribution in [3.8, 4) is 11.1 Å². The maximum atomic E-state index is 4.75. The average Bonchev–Trinajstić information content (AvgIpc) is 3.01. The van der Waals surface area contributed by atoms with Gasteiger partial charge in [-0.3, -0.25) is 4.68 Å². The van der Waals surface area contributed by atoms with Gasteiger partial charge < -0.3 is 5.32 Å². The summed E-state index contributed by atoms with van der Waals surface area (Å²) in [7, 11) is 0. The Labute approximate surface area is 128 Å². The average molecular weight is 334 g/mol. The van der Waals surface area contributed by atoms with Crippen molar-refractivity contribution < 1.29 is 0 Å². The number of nitrogens with one attached hydrogen (secondary N) is 1. The molecule has 0 bridgehead atoms. The second-order valence-corrected chi connectivity index (χ2v) is 6.36. The van der Waals surface area contributed by atoms with Gasteiger partial charge in [-0.25, -0.2) is 0 Å². The molecule has 3 nitrogen and oxygen atoms in total. The quantitative estimate of drug-likeness (QED) is 0.928. The van der Waals surface area contributed by atoms with E-state index < -0.39 is 0 Å². The first-order valence-electron chi connectivity index (χ1n) is 7.19. The first-order chi connectivity index (χ1) is 9.66. The second-order valence-electron chi connectivity index (χ2n) is 5.50. The normalized spacial score (nSPS) is 18.6. The van der Waals surface area contributed by atoms with Crippen LogP contribution in [-0.4, -0.2) is 22.4 Å². The van der Waals surface area contributed by atoms with Crippen molar-refractivity contribution in [2.45, 2.75) is 39.3 Å². The highest BCUT2D eigenvalue weighted by Crippen LogP contribution is 2.32. The standard InChI is InChI=1S/C16H20BrN3/c1-11-16(14-7-3-4-8-15(14)17)12(2)20(19-11)10-13-6-5-9-18-13/h3-4,7-8,13,18H,5-6,9-10H2,1-2H3. The molecule has 0 saturated carbocycles. The lowest BCUT2D eigenvalue weighted by Gasteiger charge is -2.12. The van der Waals surface area contributed by atoms with E-state index in [0.717, 1.165) is 23.3 Å². The van der Waals surface area contributed by atoms with Gasteiger partial charge in [-0.2, -0.15) is 5.10 Å². The fraction of sp³-hybridized carbons (Fsp3) is 0.438. The van der Waals surface area contributed by atoms with Crippen molar-refractivity contribution in [1.82, 2.24) is 15.1 Å². The lowest BCUT2D eigenvalue weighted by atomic mass is 10.0.